The summed E-state index contributed by atoms with van der Waals surface area (Å²) in [6.45, 7) is 0. The molecule has 0 amide bonds. The largest absolute Gasteiger partial charge is 0.0622 e. The first kappa shape index (κ1) is 30.6. The molecule has 0 atom stereocenters. The van der Waals surface area contributed by atoms with E-state index in [1.54, 1.807) is 0 Å². The van der Waals surface area contributed by atoms with Crippen LogP contribution in [0.3, 0.4) is 0 Å². The minimum atomic E-state index is 1.22. The average Bonchev–Trinajstić information content (AvgIpc) is 3.24. The van der Waals surface area contributed by atoms with Gasteiger partial charge < -0.3 is 0 Å². The molecule has 0 aromatic heterocycles. The highest BCUT2D eigenvalue weighted by Gasteiger charge is 2.18. The maximum atomic E-state index is 2.39. The molecule has 0 aliphatic carbocycles. The van der Waals surface area contributed by atoms with Crippen LogP contribution in [0.2, 0.25) is 0 Å². The molecule has 0 N–H and O–H groups in total. The summed E-state index contributed by atoms with van der Waals surface area (Å²) in [7, 11) is 0. The second kappa shape index (κ2) is 12.3. The molecule has 0 bridgehead atoms. The van der Waals surface area contributed by atoms with Crippen LogP contribution >= 0.6 is 0 Å². The minimum absolute atomic E-state index is 1.22. The Bertz CT molecular complexity index is 3240. The van der Waals surface area contributed by atoms with Crippen molar-refractivity contribution in [2.45, 2.75) is 0 Å². The van der Waals surface area contributed by atoms with Gasteiger partial charge >= 0.3 is 0 Å². The summed E-state index contributed by atoms with van der Waals surface area (Å²) in [6.07, 6.45) is 0. The molecule has 0 aliphatic heterocycles. The number of hydrogen-bond donors (Lipinski definition) is 0. The highest BCUT2D eigenvalue weighted by atomic mass is 14.2. The molecule has 0 unspecified atom stereocenters. The molecule has 11 aromatic carbocycles. The quantitative estimate of drug-likeness (QED) is 0.128. The first-order valence-corrected chi connectivity index (χ1v) is 18.7. The van der Waals surface area contributed by atoms with E-state index < -0.39 is 0 Å². The molecule has 11 rings (SSSR count). The van der Waals surface area contributed by atoms with Crippen molar-refractivity contribution in [3.63, 3.8) is 0 Å². The van der Waals surface area contributed by atoms with Crippen LogP contribution in [-0.2, 0) is 0 Å². The van der Waals surface area contributed by atoms with E-state index in [9.17, 15) is 0 Å². The normalized spacial score (nSPS) is 11.7. The van der Waals surface area contributed by atoms with Crippen LogP contribution in [0.25, 0.3) is 109 Å². The Labute approximate surface area is 314 Å². The van der Waals surface area contributed by atoms with Gasteiger partial charge in [-0.15, -0.1) is 0 Å². The highest BCUT2D eigenvalue weighted by molar-refractivity contribution is 6.22. The number of benzene rings is 11. The SMILES string of the molecule is c1ccc(-c2ccc3c(-c4ccc5cc(-c6cccc7c6ccc6cc8ccccc8cc67)ccc5c4)c4ccccc4c(-c4ccccc4)c3c2)cc1. The molecule has 0 aliphatic rings. The molecule has 0 saturated heterocycles. The van der Waals surface area contributed by atoms with Crippen LogP contribution in [0.4, 0.5) is 0 Å². The lowest BCUT2D eigenvalue weighted by atomic mass is 9.84. The first-order valence-electron chi connectivity index (χ1n) is 18.7. The predicted molar refractivity (Wildman–Crippen MR) is 233 cm³/mol. The Balaban J connectivity index is 1.09. The van der Waals surface area contributed by atoms with Gasteiger partial charge in [0.25, 0.3) is 0 Å². The van der Waals surface area contributed by atoms with Gasteiger partial charge in [0.2, 0.25) is 0 Å². The van der Waals surface area contributed by atoms with Crippen molar-refractivity contribution in [2.24, 2.45) is 0 Å². The Hall–Kier alpha value is -7.02. The molecule has 0 fully saturated rings. The number of rotatable bonds is 4. The van der Waals surface area contributed by atoms with Crippen molar-refractivity contribution in [2.75, 3.05) is 0 Å². The molecule has 0 radical (unpaired) electrons. The topological polar surface area (TPSA) is 0 Å². The van der Waals surface area contributed by atoms with Crippen LogP contribution in [-0.4, -0.2) is 0 Å². The van der Waals surface area contributed by atoms with Crippen LogP contribution < -0.4 is 0 Å². The number of hydrogen-bond acceptors (Lipinski definition) is 0. The van der Waals surface area contributed by atoms with E-state index in [0.717, 1.165) is 0 Å². The maximum Gasteiger partial charge on any atom is -0.00261 e. The Kier molecular flexibility index (Phi) is 6.97. The number of fused-ring (bicyclic) bond motifs is 7. The zero-order chi connectivity index (χ0) is 35.6. The van der Waals surface area contributed by atoms with E-state index in [-0.39, 0.29) is 0 Å². The summed E-state index contributed by atoms with van der Waals surface area (Å²) in [4.78, 5) is 0. The Morgan fingerprint density at radius 2 is 0.704 bits per heavy atom. The van der Waals surface area contributed by atoms with Crippen molar-refractivity contribution in [1.29, 1.82) is 0 Å². The fraction of sp³-hybridized carbons (Fsp3) is 0. The molecule has 0 saturated carbocycles. The summed E-state index contributed by atoms with van der Waals surface area (Å²) >= 11 is 0. The third-order valence-electron chi connectivity index (χ3n) is 11.4. The molecular formula is C54H34. The van der Waals surface area contributed by atoms with Crippen LogP contribution in [0.15, 0.2) is 206 Å². The van der Waals surface area contributed by atoms with Crippen molar-refractivity contribution in [3.8, 4) is 44.5 Å². The zero-order valence-electron chi connectivity index (χ0n) is 29.6. The van der Waals surface area contributed by atoms with Crippen molar-refractivity contribution in [1.82, 2.24) is 0 Å². The summed E-state index contributed by atoms with van der Waals surface area (Å²) in [6, 6.07) is 76.1. The monoisotopic (exact) mass is 682 g/mol. The Morgan fingerprint density at radius 3 is 1.46 bits per heavy atom. The summed E-state index contributed by atoms with van der Waals surface area (Å²) in [5, 5.41) is 15.2. The fourth-order valence-corrected chi connectivity index (χ4v) is 8.82. The summed E-state index contributed by atoms with van der Waals surface area (Å²) < 4.78 is 0. The first-order chi connectivity index (χ1) is 26.8. The van der Waals surface area contributed by atoms with Gasteiger partial charge in [-0.2, -0.15) is 0 Å². The molecule has 0 nitrogen and oxygen atoms in total. The van der Waals surface area contributed by atoms with E-state index >= 15 is 0 Å². The van der Waals surface area contributed by atoms with Crippen molar-refractivity contribution >= 4 is 64.6 Å². The highest BCUT2D eigenvalue weighted by Crippen LogP contribution is 2.45. The lowest BCUT2D eigenvalue weighted by molar-refractivity contribution is 1.63. The lowest BCUT2D eigenvalue weighted by Crippen LogP contribution is -1.92. The smallest absolute Gasteiger partial charge is 0.00261 e. The standard InChI is InChI=1S/C54H34/c1-3-12-35(13-4-1)41-26-29-50-52(34-41)53(36-14-5-2-6-15-36)48-18-9-10-19-49(48)54(50)44-25-23-39-31-42(24-22-40(39)32-44)45-20-11-21-46-47(45)28-27-43-30-37-16-7-8-17-38(37)33-51(43)46/h1-34H. The maximum absolute atomic E-state index is 2.39. The van der Waals surface area contributed by atoms with E-state index in [1.165, 1.54) is 109 Å². The van der Waals surface area contributed by atoms with Gasteiger partial charge in [-0.1, -0.05) is 176 Å². The van der Waals surface area contributed by atoms with Gasteiger partial charge in [0.05, 0.1) is 0 Å². The van der Waals surface area contributed by atoms with Crippen LogP contribution in [0.5, 0.6) is 0 Å². The summed E-state index contributed by atoms with van der Waals surface area (Å²) in [5.74, 6) is 0. The molecule has 11 aromatic rings. The second-order valence-electron chi connectivity index (χ2n) is 14.5. The second-order valence-corrected chi connectivity index (χ2v) is 14.5. The van der Waals surface area contributed by atoms with E-state index in [4.69, 9.17) is 0 Å². The van der Waals surface area contributed by atoms with Gasteiger partial charge in [0.15, 0.2) is 0 Å². The van der Waals surface area contributed by atoms with Gasteiger partial charge in [0, 0.05) is 0 Å². The molecule has 0 spiro atoms. The zero-order valence-corrected chi connectivity index (χ0v) is 29.6. The van der Waals surface area contributed by atoms with Crippen LogP contribution in [0, 0.1) is 0 Å². The van der Waals surface area contributed by atoms with Crippen molar-refractivity contribution in [3.05, 3.63) is 206 Å². The van der Waals surface area contributed by atoms with E-state index in [1.807, 2.05) is 0 Å². The van der Waals surface area contributed by atoms with Crippen LogP contribution in [0.1, 0.15) is 0 Å². The minimum Gasteiger partial charge on any atom is -0.0622 e. The summed E-state index contributed by atoms with van der Waals surface area (Å²) in [5.41, 5.74) is 9.96. The predicted octanol–water partition coefficient (Wildman–Crippen LogP) is 15.3. The van der Waals surface area contributed by atoms with Crippen molar-refractivity contribution < 1.29 is 0 Å². The van der Waals surface area contributed by atoms with Gasteiger partial charge in [-0.05, 0) is 139 Å². The molecule has 250 valence electrons. The third kappa shape index (κ3) is 4.92. The van der Waals surface area contributed by atoms with E-state index in [2.05, 4.69) is 206 Å². The average molecular weight is 683 g/mol. The molecular weight excluding hydrogens is 649 g/mol. The fourth-order valence-electron chi connectivity index (χ4n) is 8.82. The lowest BCUT2D eigenvalue weighted by Gasteiger charge is -2.19. The molecule has 54 heavy (non-hydrogen) atoms. The third-order valence-corrected chi connectivity index (χ3v) is 11.4. The van der Waals surface area contributed by atoms with Gasteiger partial charge in [0.1, 0.15) is 0 Å². The Morgan fingerprint density at radius 1 is 0.185 bits per heavy atom. The van der Waals surface area contributed by atoms with E-state index in [0.29, 0.717) is 0 Å². The molecule has 0 heterocycles. The van der Waals surface area contributed by atoms with Gasteiger partial charge in [-0.3, -0.25) is 0 Å². The molecule has 0 heteroatoms. The van der Waals surface area contributed by atoms with Gasteiger partial charge in [-0.25, -0.2) is 0 Å².